The number of unbranched alkanes of at least 4 members (excludes halogenated alkanes) is 2. The smallest absolute Gasteiger partial charge is 0.246 e. The van der Waals surface area contributed by atoms with Crippen molar-refractivity contribution in [3.8, 4) is 0 Å². The highest BCUT2D eigenvalue weighted by atomic mass is 16.3. The van der Waals surface area contributed by atoms with Gasteiger partial charge in [0.1, 0.15) is 78.0 Å². The molecule has 19 amide bonds. The molecule has 0 heterocycles. The fourth-order valence-corrected chi connectivity index (χ4v) is 13.4. The highest BCUT2D eigenvalue weighted by Crippen LogP contribution is 2.31. The molecule has 38 N–H and O–H groups in total. The molecule has 0 aliphatic heterocycles. The van der Waals surface area contributed by atoms with Crippen molar-refractivity contribution < 1.29 is 101 Å². The summed E-state index contributed by atoms with van der Waals surface area (Å²) in [4.78, 5) is 258. The number of benzene rings is 2. The molecule has 1 fully saturated rings. The van der Waals surface area contributed by atoms with Crippen molar-refractivity contribution >= 4 is 124 Å². The van der Waals surface area contributed by atoms with Crippen LogP contribution in [0.25, 0.3) is 0 Å². The Kier molecular flexibility index (Phi) is 50.4. The monoisotopic (exact) mass is 1850 g/mol. The Hall–Kier alpha value is -13.3. The summed E-state index contributed by atoms with van der Waals surface area (Å²) in [5, 5.41) is 81.5. The van der Waals surface area contributed by atoms with Gasteiger partial charge in [0.2, 0.25) is 112 Å². The van der Waals surface area contributed by atoms with E-state index in [0.717, 1.165) is 12.5 Å². The van der Waals surface area contributed by atoms with E-state index in [1.54, 1.807) is 74.5 Å². The third-order valence-electron chi connectivity index (χ3n) is 20.6. The number of aliphatic hydroxyl groups excluding tert-OH is 2. The van der Waals surface area contributed by atoms with E-state index in [1.165, 1.54) is 13.8 Å². The maximum Gasteiger partial charge on any atom is 0.246 e. The molecule has 0 spiro atoms. The molecule has 2 aromatic rings. The predicted molar refractivity (Wildman–Crippen MR) is 475 cm³/mol. The lowest BCUT2D eigenvalue weighted by Gasteiger charge is -2.33. The molecule has 0 saturated heterocycles. The Balaban J connectivity index is 1.82. The second-order valence-corrected chi connectivity index (χ2v) is 32.2. The zero-order chi connectivity index (χ0) is 98.0. The lowest BCUT2D eigenvalue weighted by atomic mass is 9.94. The van der Waals surface area contributed by atoms with Gasteiger partial charge in [-0.3, -0.25) is 102 Å². The molecular formula is C82H134N28O21. The number of carbonyl (C=O) groups is 19. The summed E-state index contributed by atoms with van der Waals surface area (Å²) in [5.41, 5.74) is 44.1. The van der Waals surface area contributed by atoms with Gasteiger partial charge in [0, 0.05) is 25.9 Å². The molecule has 131 heavy (non-hydrogen) atoms. The summed E-state index contributed by atoms with van der Waals surface area (Å²) >= 11 is 0. The van der Waals surface area contributed by atoms with E-state index >= 15 is 0 Å². The second kappa shape index (κ2) is 59.0. The van der Waals surface area contributed by atoms with Crippen LogP contribution in [0.4, 0.5) is 0 Å². The summed E-state index contributed by atoms with van der Waals surface area (Å²) in [6.45, 7) is 4.14. The Bertz CT molecular complexity index is 4200. The minimum Gasteiger partial charge on any atom is -0.394 e. The molecule has 0 unspecified atom stereocenters. The van der Waals surface area contributed by atoms with Crippen molar-refractivity contribution in [2.45, 2.75) is 253 Å². The van der Waals surface area contributed by atoms with Crippen molar-refractivity contribution in [1.29, 1.82) is 10.8 Å². The summed E-state index contributed by atoms with van der Waals surface area (Å²) in [7, 11) is 0. The quantitative estimate of drug-likeness (QED) is 0.0166. The topological polar surface area (TPSA) is 837 Å². The van der Waals surface area contributed by atoms with E-state index < -0.39 is 247 Å². The fraction of sp³-hybridized carbons (Fsp3) is 0.598. The maximum absolute atomic E-state index is 14.9. The minimum absolute atomic E-state index is 0.00287. The Morgan fingerprint density at radius 3 is 1.28 bits per heavy atom. The number of primary amides is 3. The largest absolute Gasteiger partial charge is 0.394 e. The third-order valence-corrected chi connectivity index (χ3v) is 20.6. The van der Waals surface area contributed by atoms with Crippen LogP contribution in [-0.4, -0.2) is 277 Å². The number of carbonyl (C=O) groups excluding carboxylic acids is 19. The van der Waals surface area contributed by atoms with Crippen LogP contribution < -0.4 is 142 Å². The van der Waals surface area contributed by atoms with Crippen LogP contribution in [-0.2, 0) is 104 Å². The maximum atomic E-state index is 14.9. The van der Waals surface area contributed by atoms with Gasteiger partial charge in [-0.2, -0.15) is 0 Å². The van der Waals surface area contributed by atoms with Crippen LogP contribution in [0.2, 0.25) is 0 Å². The molecule has 728 valence electrons. The first-order valence-corrected chi connectivity index (χ1v) is 43.2. The normalized spacial score (nSPS) is 15.1. The van der Waals surface area contributed by atoms with Gasteiger partial charge < -0.3 is 152 Å². The van der Waals surface area contributed by atoms with Crippen LogP contribution in [0, 0.1) is 16.7 Å². The summed E-state index contributed by atoms with van der Waals surface area (Å²) in [5.74, 6) is -19.4. The SMILES string of the molecule is CC(C)C[C@H](NC(=O)[C@H](CCCCN)NC(=O)[C@H](CCCNC(=N)N)NC(=O)C1(NC(=O)[C@H](CO)NC(=O)[C@H](CCCCN)NC(=O)[C@H](CCCNC(=N)N)NC(=O)[C@H](C)NC(=O)CNC(=O)[C@@H](NC(=O)[C@H](Cc2ccccc2)NC(=O)CNC(=O)CNC(=O)[C@@H](N)Cc2ccccc2)[C@@H](C)O)CCCC1)C(=O)N[C@@H](C)C(=O)N[C@@H](CC(N)=O)C(=O)N[C@@H](CCC(N)=O)C(N)=O. The molecule has 14 atom stereocenters. The molecule has 49 heteroatoms. The van der Waals surface area contributed by atoms with E-state index in [1.807, 2.05) is 0 Å². The van der Waals surface area contributed by atoms with Crippen LogP contribution in [0.3, 0.4) is 0 Å². The zero-order valence-electron chi connectivity index (χ0n) is 74.5. The number of nitrogens with one attached hydrogen (secondary N) is 20. The highest BCUT2D eigenvalue weighted by Gasteiger charge is 2.46. The van der Waals surface area contributed by atoms with Gasteiger partial charge in [0.15, 0.2) is 11.9 Å². The summed E-state index contributed by atoms with van der Waals surface area (Å²) in [6.07, 6.45) is -2.04. The summed E-state index contributed by atoms with van der Waals surface area (Å²) in [6, 6.07) is -2.34. The molecule has 2 aromatic carbocycles. The standard InChI is InChI=1S/C82H134N28O21/c1-44(2)36-56(74(126)99-46(4)68(120)105-58(39-61(87)114)75(127)101-51(66(88)118)28-29-60(86)113)106-71(123)52(24-12-16-32-83)104-73(125)55(27-19-35-94-81(91)92)108-79(131)82(30-14-15-31-82)110-77(129)59(43-111)107-72(124)53(25-13-17-33-84)103-70(122)54(26-18-34-93-80(89)90)102-67(119)45(3)98-63(116)42-97-78(130)65(47(5)112)109-76(128)57(38-49-22-10-7-11-23-49)100-64(117)41-95-62(115)40-96-69(121)50(85)37-48-20-8-6-9-21-48/h6-11,20-23,44-47,50-59,65,111-112H,12-19,24-43,83-85H2,1-5H3,(H2,86,113)(H2,87,114)(H2,88,118)(H,95,115)(H,96,121)(H,97,130)(H,98,116)(H,99,126)(H,100,117)(H,101,127)(H,102,119)(H,103,122)(H,104,125)(H,105,120)(H,106,123)(H,107,124)(H,108,131)(H,109,128)(H,110,129)(H4,89,90,93)(H4,91,92,94)/t45-,46-,47+,50-,51-,52-,53-,54-,55-,56-,57-,58-,59-,65-/m0/s1. The van der Waals surface area contributed by atoms with Crippen molar-refractivity contribution in [2.75, 3.05) is 52.4 Å². The van der Waals surface area contributed by atoms with E-state index in [4.69, 9.17) is 56.7 Å². The molecule has 49 nitrogen and oxygen atoms in total. The number of rotatable bonds is 62. The van der Waals surface area contributed by atoms with Crippen LogP contribution in [0.15, 0.2) is 60.7 Å². The average molecular weight is 1850 g/mol. The number of hydrogen-bond donors (Lipinski definition) is 30. The number of aliphatic hydroxyl groups is 2. The second-order valence-electron chi connectivity index (χ2n) is 32.2. The van der Waals surface area contributed by atoms with E-state index in [2.05, 4.69) is 95.7 Å². The average Bonchev–Trinajstić information content (AvgIpc) is 1.70. The number of nitrogens with two attached hydrogens (primary N) is 8. The van der Waals surface area contributed by atoms with Crippen molar-refractivity contribution in [3.05, 3.63) is 71.8 Å². The van der Waals surface area contributed by atoms with Crippen LogP contribution >= 0.6 is 0 Å². The molecule has 1 aliphatic rings. The van der Waals surface area contributed by atoms with Gasteiger partial charge in [-0.1, -0.05) is 87.4 Å². The molecular weight excluding hydrogens is 1710 g/mol. The molecule has 1 aliphatic carbocycles. The van der Waals surface area contributed by atoms with Gasteiger partial charge in [0.25, 0.3) is 0 Å². The van der Waals surface area contributed by atoms with Crippen LogP contribution in [0.5, 0.6) is 0 Å². The first-order valence-electron chi connectivity index (χ1n) is 43.2. The Morgan fingerprint density at radius 2 is 0.809 bits per heavy atom. The van der Waals surface area contributed by atoms with E-state index in [-0.39, 0.29) is 128 Å². The zero-order valence-corrected chi connectivity index (χ0v) is 74.5. The van der Waals surface area contributed by atoms with E-state index in [0.29, 0.717) is 31.2 Å². The lowest BCUT2D eigenvalue weighted by Crippen LogP contribution is -2.65. The first-order chi connectivity index (χ1) is 61.9. The van der Waals surface area contributed by atoms with Crippen molar-refractivity contribution in [2.24, 2.45) is 51.8 Å². The Labute approximate surface area is 758 Å². The fourth-order valence-electron chi connectivity index (χ4n) is 13.4. The van der Waals surface area contributed by atoms with Gasteiger partial charge in [-0.25, -0.2) is 0 Å². The van der Waals surface area contributed by atoms with E-state index in [9.17, 15) is 101 Å². The minimum atomic E-state index is -1.84. The molecule has 0 bridgehead atoms. The molecule has 0 aromatic heterocycles. The lowest BCUT2D eigenvalue weighted by molar-refractivity contribution is -0.139. The molecule has 3 rings (SSSR count). The van der Waals surface area contributed by atoms with Crippen molar-refractivity contribution in [3.63, 3.8) is 0 Å². The highest BCUT2D eigenvalue weighted by molar-refractivity contribution is 6.02. The van der Waals surface area contributed by atoms with Gasteiger partial charge in [0.05, 0.1) is 44.8 Å². The predicted octanol–water partition coefficient (Wildman–Crippen LogP) is -10.7. The van der Waals surface area contributed by atoms with Gasteiger partial charge >= 0.3 is 0 Å². The molecule has 0 radical (unpaired) electrons. The van der Waals surface area contributed by atoms with Crippen LogP contribution in [0.1, 0.15) is 161 Å². The van der Waals surface area contributed by atoms with Crippen molar-refractivity contribution in [1.82, 2.24) is 95.7 Å². The Morgan fingerprint density at radius 1 is 0.397 bits per heavy atom. The number of hydrogen-bond acceptors (Lipinski definition) is 26. The van der Waals surface area contributed by atoms with Gasteiger partial charge in [-0.05, 0) is 147 Å². The van der Waals surface area contributed by atoms with Gasteiger partial charge in [-0.15, -0.1) is 0 Å². The number of amides is 19. The summed E-state index contributed by atoms with van der Waals surface area (Å²) < 4.78 is 0. The molecule has 1 saturated carbocycles. The third kappa shape index (κ3) is 43.1. The number of guanidine groups is 2. The first kappa shape index (κ1) is 112.